The lowest BCUT2D eigenvalue weighted by Gasteiger charge is -2.26. The largest absolute Gasteiger partial charge is 0.376 e. The molecule has 1 unspecified atom stereocenters. The lowest BCUT2D eigenvalue weighted by Crippen LogP contribution is -2.35. The number of thiophene rings is 1. The molecule has 2 aliphatic heterocycles. The summed E-state index contributed by atoms with van der Waals surface area (Å²) < 4.78 is 8.10. The number of ether oxygens (including phenoxy) is 1. The van der Waals surface area contributed by atoms with Gasteiger partial charge in [0.15, 0.2) is 11.0 Å². The van der Waals surface area contributed by atoms with Crippen LogP contribution in [0.2, 0.25) is 0 Å². The molecule has 0 N–H and O–H groups in total. The Hall–Kier alpha value is -2.16. The van der Waals surface area contributed by atoms with Crippen molar-refractivity contribution < 1.29 is 9.53 Å². The highest BCUT2D eigenvalue weighted by Crippen LogP contribution is 2.30. The summed E-state index contributed by atoms with van der Waals surface area (Å²) in [6.07, 6.45) is 5.84. The normalized spacial score (nSPS) is 18.9. The molecule has 1 amide bonds. The fourth-order valence-corrected chi connectivity index (χ4v) is 5.97. The van der Waals surface area contributed by atoms with Gasteiger partial charge in [0.25, 0.3) is 5.91 Å². The summed E-state index contributed by atoms with van der Waals surface area (Å²) >= 11 is 3.35. The Labute approximate surface area is 197 Å². The summed E-state index contributed by atoms with van der Waals surface area (Å²) in [6.45, 7) is 3.35. The van der Waals surface area contributed by atoms with E-state index in [0.717, 1.165) is 84.7 Å². The van der Waals surface area contributed by atoms with Crippen LogP contribution in [0.5, 0.6) is 0 Å². The van der Waals surface area contributed by atoms with Gasteiger partial charge >= 0.3 is 0 Å². The first-order valence-electron chi connectivity index (χ1n) is 11.4. The second kappa shape index (κ2) is 10.2. The molecule has 1 atom stereocenters. The quantitative estimate of drug-likeness (QED) is 0.451. The molecule has 3 aromatic rings. The summed E-state index contributed by atoms with van der Waals surface area (Å²) in [5, 5.41) is 12.0. The molecular weight excluding hydrogens is 440 g/mol. The summed E-state index contributed by atoms with van der Waals surface area (Å²) in [4.78, 5) is 16.0. The van der Waals surface area contributed by atoms with E-state index >= 15 is 0 Å². The number of hydrogen-bond acceptors (Lipinski definition) is 6. The summed E-state index contributed by atoms with van der Waals surface area (Å²) in [6, 6.07) is 12.2. The number of rotatable bonds is 7. The second-order valence-electron chi connectivity index (χ2n) is 8.37. The van der Waals surface area contributed by atoms with Gasteiger partial charge in [-0.2, -0.15) is 0 Å². The van der Waals surface area contributed by atoms with Gasteiger partial charge in [-0.25, -0.2) is 0 Å². The molecule has 2 aliphatic rings. The van der Waals surface area contributed by atoms with Gasteiger partial charge in [-0.15, -0.1) is 21.5 Å². The molecule has 6 nitrogen and oxygen atoms in total. The van der Waals surface area contributed by atoms with Gasteiger partial charge in [-0.05, 0) is 61.2 Å². The van der Waals surface area contributed by atoms with Gasteiger partial charge in [-0.1, -0.05) is 30.0 Å². The average Bonchev–Trinajstić information content (AvgIpc) is 3.61. The second-order valence-corrected chi connectivity index (χ2v) is 10.3. The van der Waals surface area contributed by atoms with E-state index in [-0.39, 0.29) is 12.0 Å². The number of piperidine rings is 1. The van der Waals surface area contributed by atoms with Crippen LogP contribution >= 0.6 is 23.1 Å². The molecule has 2 fully saturated rings. The fraction of sp³-hybridized carbons (Fsp3) is 0.458. The molecule has 0 saturated carbocycles. The van der Waals surface area contributed by atoms with Crippen molar-refractivity contribution in [1.29, 1.82) is 0 Å². The van der Waals surface area contributed by atoms with Crippen LogP contribution in [0.25, 0.3) is 10.7 Å². The van der Waals surface area contributed by atoms with E-state index in [0.29, 0.717) is 0 Å². The van der Waals surface area contributed by atoms with Gasteiger partial charge in [0.05, 0.1) is 17.5 Å². The molecule has 2 saturated heterocycles. The van der Waals surface area contributed by atoms with Gasteiger partial charge in [-0.3, -0.25) is 9.36 Å². The maximum Gasteiger partial charge on any atom is 0.253 e. The van der Waals surface area contributed by atoms with Crippen LogP contribution in [-0.4, -0.2) is 51.4 Å². The highest BCUT2D eigenvalue weighted by Gasteiger charge is 2.23. The molecule has 8 heteroatoms. The van der Waals surface area contributed by atoms with Crippen LogP contribution in [0.15, 0.2) is 46.9 Å². The topological polar surface area (TPSA) is 60.3 Å². The number of aromatic nitrogens is 3. The van der Waals surface area contributed by atoms with Crippen LogP contribution in [0.3, 0.4) is 0 Å². The highest BCUT2D eigenvalue weighted by atomic mass is 32.2. The number of carbonyl (C=O) groups is 1. The van der Waals surface area contributed by atoms with Crippen molar-refractivity contribution in [2.45, 2.75) is 55.7 Å². The Bertz CT molecular complexity index is 1040. The first-order valence-corrected chi connectivity index (χ1v) is 13.2. The zero-order valence-electron chi connectivity index (χ0n) is 18.1. The van der Waals surface area contributed by atoms with E-state index in [1.54, 1.807) is 23.1 Å². The van der Waals surface area contributed by atoms with Crippen molar-refractivity contribution in [3.63, 3.8) is 0 Å². The van der Waals surface area contributed by atoms with Gasteiger partial charge in [0, 0.05) is 31.0 Å². The lowest BCUT2D eigenvalue weighted by atomic mass is 10.1. The molecule has 0 aliphatic carbocycles. The number of likely N-dealkylation sites (tertiary alicyclic amines) is 1. The molecule has 5 rings (SSSR count). The minimum absolute atomic E-state index is 0.151. The molecule has 0 spiro atoms. The van der Waals surface area contributed by atoms with Crippen molar-refractivity contribution in [3.05, 3.63) is 52.9 Å². The molecule has 0 bridgehead atoms. The van der Waals surface area contributed by atoms with Crippen molar-refractivity contribution >= 4 is 29.0 Å². The Kier molecular flexibility index (Phi) is 6.90. The number of benzene rings is 1. The van der Waals surface area contributed by atoms with E-state index in [4.69, 9.17) is 4.74 Å². The first kappa shape index (κ1) is 21.7. The number of carbonyl (C=O) groups excluding carboxylic acids is 1. The molecule has 168 valence electrons. The first-order chi connectivity index (χ1) is 15.8. The standard InChI is InChI=1S/C24H28N4O2S2/c29-23(27-11-2-1-3-12-27)19-8-4-7-18(15-19)17-32-24-26-25-22(21-10-6-14-31-21)28(24)16-20-9-5-13-30-20/h4,6-8,10,14-15,20H,1-3,5,9,11-13,16-17H2. The molecule has 4 heterocycles. The number of hydrogen-bond donors (Lipinski definition) is 0. The van der Waals surface area contributed by atoms with E-state index in [9.17, 15) is 4.79 Å². The molecule has 1 aromatic carbocycles. The molecule has 0 radical (unpaired) electrons. The number of amides is 1. The summed E-state index contributed by atoms with van der Waals surface area (Å²) in [5.74, 6) is 1.81. The van der Waals surface area contributed by atoms with Crippen LogP contribution in [0, 0.1) is 0 Å². The maximum atomic E-state index is 12.9. The third-order valence-electron chi connectivity index (χ3n) is 6.05. The minimum Gasteiger partial charge on any atom is -0.376 e. The number of nitrogens with zero attached hydrogens (tertiary/aromatic N) is 4. The Balaban J connectivity index is 1.31. The van der Waals surface area contributed by atoms with Crippen LogP contribution in [0.1, 0.15) is 48.0 Å². The van der Waals surface area contributed by atoms with E-state index in [1.165, 1.54) is 6.42 Å². The lowest BCUT2D eigenvalue weighted by molar-refractivity contribution is 0.0724. The van der Waals surface area contributed by atoms with Crippen molar-refractivity contribution in [1.82, 2.24) is 19.7 Å². The van der Waals surface area contributed by atoms with Crippen LogP contribution < -0.4 is 0 Å². The Morgan fingerprint density at radius 1 is 1.12 bits per heavy atom. The third kappa shape index (κ3) is 4.92. The maximum absolute atomic E-state index is 12.9. The zero-order chi connectivity index (χ0) is 21.8. The fourth-order valence-electron chi connectivity index (χ4n) is 4.36. The molecule has 32 heavy (non-hydrogen) atoms. The summed E-state index contributed by atoms with van der Waals surface area (Å²) in [7, 11) is 0. The molecular formula is C24H28N4O2S2. The average molecular weight is 469 g/mol. The molecule has 2 aromatic heterocycles. The summed E-state index contributed by atoms with van der Waals surface area (Å²) in [5.41, 5.74) is 1.91. The third-order valence-corrected chi connectivity index (χ3v) is 7.96. The van der Waals surface area contributed by atoms with Crippen LogP contribution in [-0.2, 0) is 17.0 Å². The van der Waals surface area contributed by atoms with Crippen molar-refractivity contribution in [3.8, 4) is 10.7 Å². The van der Waals surface area contributed by atoms with E-state index in [2.05, 4.69) is 32.3 Å². The Morgan fingerprint density at radius 3 is 2.81 bits per heavy atom. The van der Waals surface area contributed by atoms with E-state index < -0.39 is 0 Å². The predicted octanol–water partition coefficient (Wildman–Crippen LogP) is 5.10. The highest BCUT2D eigenvalue weighted by molar-refractivity contribution is 7.98. The van der Waals surface area contributed by atoms with Crippen molar-refractivity contribution in [2.24, 2.45) is 0 Å². The van der Waals surface area contributed by atoms with Crippen LogP contribution in [0.4, 0.5) is 0 Å². The van der Waals surface area contributed by atoms with E-state index in [1.807, 2.05) is 29.2 Å². The van der Waals surface area contributed by atoms with Gasteiger partial charge < -0.3 is 9.64 Å². The SMILES string of the molecule is O=C(c1cccc(CSc2nnc(-c3cccs3)n2CC2CCCO2)c1)N1CCCCC1. The predicted molar refractivity (Wildman–Crippen MR) is 128 cm³/mol. The van der Waals surface area contributed by atoms with Gasteiger partial charge in [0.2, 0.25) is 0 Å². The minimum atomic E-state index is 0.151. The number of thioether (sulfide) groups is 1. The van der Waals surface area contributed by atoms with Gasteiger partial charge in [0.1, 0.15) is 0 Å². The van der Waals surface area contributed by atoms with Crippen molar-refractivity contribution in [2.75, 3.05) is 19.7 Å². The Morgan fingerprint density at radius 2 is 2.03 bits per heavy atom. The smallest absolute Gasteiger partial charge is 0.253 e. The monoisotopic (exact) mass is 468 g/mol. The zero-order valence-corrected chi connectivity index (χ0v) is 19.7.